The van der Waals surface area contributed by atoms with Gasteiger partial charge in [-0.25, -0.2) is 4.39 Å². The van der Waals surface area contributed by atoms with Crippen LogP contribution in [-0.2, 0) is 11.2 Å². The van der Waals surface area contributed by atoms with E-state index in [0.717, 1.165) is 16.9 Å². The summed E-state index contributed by atoms with van der Waals surface area (Å²) in [5.41, 5.74) is 2.65. The van der Waals surface area contributed by atoms with E-state index in [4.69, 9.17) is 4.74 Å². The zero-order chi connectivity index (χ0) is 19.0. The second-order valence-corrected chi connectivity index (χ2v) is 6.61. The molecule has 2 aromatic rings. The summed E-state index contributed by atoms with van der Waals surface area (Å²) < 4.78 is 18.8. The van der Waals surface area contributed by atoms with Crippen LogP contribution in [0.25, 0.3) is 0 Å². The first-order valence-corrected chi connectivity index (χ1v) is 8.80. The fourth-order valence-electron chi connectivity index (χ4n) is 3.78. The van der Waals surface area contributed by atoms with Crippen molar-refractivity contribution < 1.29 is 18.7 Å². The highest BCUT2D eigenvalue weighted by Gasteiger charge is 2.37. The van der Waals surface area contributed by atoms with Gasteiger partial charge in [0.15, 0.2) is 5.78 Å². The molecule has 2 aliphatic heterocycles. The van der Waals surface area contributed by atoms with Crippen LogP contribution >= 0.6 is 0 Å². The van der Waals surface area contributed by atoms with E-state index in [9.17, 15) is 14.0 Å². The van der Waals surface area contributed by atoms with E-state index in [1.165, 1.54) is 30.3 Å². The maximum atomic E-state index is 13.3. The van der Waals surface area contributed by atoms with Crippen LogP contribution < -0.4 is 10.1 Å². The number of carbonyl (C=O) groups excluding carboxylic acids is 2. The highest BCUT2D eigenvalue weighted by Crippen LogP contribution is 2.36. The second kappa shape index (κ2) is 6.87. The number of carbonyl (C=O) groups is 2. The van der Waals surface area contributed by atoms with Gasteiger partial charge in [0.1, 0.15) is 17.3 Å². The number of nitrogens with zero attached hydrogens (tertiary/aromatic N) is 1. The van der Waals surface area contributed by atoms with Gasteiger partial charge in [0.25, 0.3) is 5.91 Å². The van der Waals surface area contributed by atoms with Crippen LogP contribution in [0.2, 0.25) is 0 Å². The van der Waals surface area contributed by atoms with Crippen LogP contribution in [0, 0.1) is 5.82 Å². The second-order valence-electron chi connectivity index (χ2n) is 6.61. The van der Waals surface area contributed by atoms with E-state index < -0.39 is 11.6 Å². The van der Waals surface area contributed by atoms with E-state index in [-0.39, 0.29) is 23.2 Å². The Morgan fingerprint density at radius 1 is 1.30 bits per heavy atom. The molecule has 138 valence electrons. The van der Waals surface area contributed by atoms with Gasteiger partial charge in [-0.1, -0.05) is 24.3 Å². The van der Waals surface area contributed by atoms with Crippen LogP contribution in [0.1, 0.15) is 27.5 Å². The predicted molar refractivity (Wildman–Crippen MR) is 98.0 cm³/mol. The van der Waals surface area contributed by atoms with Crippen molar-refractivity contribution in [2.45, 2.75) is 12.5 Å². The monoisotopic (exact) mass is 366 g/mol. The van der Waals surface area contributed by atoms with Crippen molar-refractivity contribution in [3.05, 3.63) is 76.7 Å². The molecule has 2 aromatic carbocycles. The van der Waals surface area contributed by atoms with E-state index >= 15 is 0 Å². The molecular formula is C21H19FN2O3. The van der Waals surface area contributed by atoms with Crippen molar-refractivity contribution in [3.8, 4) is 5.75 Å². The van der Waals surface area contributed by atoms with Gasteiger partial charge in [-0.2, -0.15) is 0 Å². The summed E-state index contributed by atoms with van der Waals surface area (Å²) in [5, 5.41) is 3.08. The van der Waals surface area contributed by atoms with Crippen molar-refractivity contribution in [2.75, 3.05) is 20.2 Å². The lowest BCUT2D eigenvalue weighted by Crippen LogP contribution is -2.51. The summed E-state index contributed by atoms with van der Waals surface area (Å²) in [5.74, 6) is -0.265. The Morgan fingerprint density at radius 2 is 2.11 bits per heavy atom. The molecule has 4 rings (SSSR count). The fraction of sp³-hybridized carbons (Fsp3) is 0.238. The molecule has 2 heterocycles. The smallest absolute Gasteiger partial charge is 0.270 e. The summed E-state index contributed by atoms with van der Waals surface area (Å²) in [7, 11) is 1.64. The minimum Gasteiger partial charge on any atom is -0.496 e. The number of piperazine rings is 1. The lowest BCUT2D eigenvalue weighted by molar-refractivity contribution is -0.132. The number of methoxy groups -OCH3 is 1. The summed E-state index contributed by atoms with van der Waals surface area (Å²) >= 11 is 0. The minimum absolute atomic E-state index is 0.0993. The first-order valence-electron chi connectivity index (χ1n) is 8.80. The fourth-order valence-corrected chi connectivity index (χ4v) is 3.78. The molecule has 0 aromatic heterocycles. The Bertz CT molecular complexity index is 954. The van der Waals surface area contributed by atoms with Gasteiger partial charge in [0.2, 0.25) is 0 Å². The topological polar surface area (TPSA) is 58.6 Å². The van der Waals surface area contributed by atoms with Crippen LogP contribution in [0.15, 0.2) is 54.2 Å². The molecule has 5 nitrogen and oxygen atoms in total. The molecule has 1 saturated heterocycles. The van der Waals surface area contributed by atoms with E-state index in [1.54, 1.807) is 12.0 Å². The van der Waals surface area contributed by atoms with Crippen molar-refractivity contribution in [3.63, 3.8) is 0 Å². The average molecular weight is 366 g/mol. The number of ketones is 1. The lowest BCUT2D eigenvalue weighted by atomic mass is 9.90. The highest BCUT2D eigenvalue weighted by molar-refractivity contribution is 6.09. The van der Waals surface area contributed by atoms with Crippen LogP contribution in [0.4, 0.5) is 4.39 Å². The van der Waals surface area contributed by atoms with Gasteiger partial charge in [-0.05, 0) is 30.2 Å². The Labute approximate surface area is 156 Å². The number of amides is 1. The third kappa shape index (κ3) is 3.07. The number of fused-ring (bicyclic) bond motifs is 3. The quantitative estimate of drug-likeness (QED) is 0.670. The predicted octanol–water partition coefficient (Wildman–Crippen LogP) is 2.63. The lowest BCUT2D eigenvalue weighted by Gasteiger charge is -2.42. The highest BCUT2D eigenvalue weighted by atomic mass is 19.1. The maximum absolute atomic E-state index is 13.3. The van der Waals surface area contributed by atoms with Gasteiger partial charge in [0.05, 0.1) is 13.2 Å². The van der Waals surface area contributed by atoms with Gasteiger partial charge < -0.3 is 15.0 Å². The Kier molecular flexibility index (Phi) is 4.39. The summed E-state index contributed by atoms with van der Waals surface area (Å²) in [6, 6.07) is 11.2. The molecule has 0 aliphatic carbocycles. The number of benzene rings is 2. The molecule has 0 spiro atoms. The molecule has 1 atom stereocenters. The SMILES string of the molecule is COc1cccc2c1CCN1C(=O)/C(=C/C(=O)c3cccc(F)c3)NCC21. The Balaban J connectivity index is 1.60. The van der Waals surface area contributed by atoms with Crippen molar-refractivity contribution in [1.29, 1.82) is 0 Å². The zero-order valence-electron chi connectivity index (χ0n) is 14.9. The normalized spacial score (nSPS) is 19.9. The molecule has 1 fully saturated rings. The molecular weight excluding hydrogens is 347 g/mol. The molecule has 1 unspecified atom stereocenters. The zero-order valence-corrected chi connectivity index (χ0v) is 14.9. The van der Waals surface area contributed by atoms with Gasteiger partial charge in [-0.15, -0.1) is 0 Å². The van der Waals surface area contributed by atoms with Gasteiger partial charge in [0, 0.05) is 30.3 Å². The van der Waals surface area contributed by atoms with Gasteiger partial charge in [-0.3, -0.25) is 9.59 Å². The summed E-state index contributed by atoms with van der Waals surface area (Å²) in [6.07, 6.45) is 1.96. The van der Waals surface area contributed by atoms with Gasteiger partial charge >= 0.3 is 0 Å². The number of hydrogen-bond acceptors (Lipinski definition) is 4. The van der Waals surface area contributed by atoms with Crippen molar-refractivity contribution in [2.24, 2.45) is 0 Å². The standard InChI is InChI=1S/C21H19FN2O3/c1-27-20-7-3-6-15-16(20)8-9-24-18(15)12-23-17(21(24)26)11-19(25)13-4-2-5-14(22)10-13/h2-7,10-11,18,23H,8-9,12H2,1H3/b17-11-. The average Bonchev–Trinajstić information content (AvgIpc) is 2.69. The molecule has 0 bridgehead atoms. The Morgan fingerprint density at radius 3 is 2.89 bits per heavy atom. The molecule has 1 amide bonds. The first-order chi connectivity index (χ1) is 13.1. The third-order valence-corrected chi connectivity index (χ3v) is 5.09. The number of allylic oxidation sites excluding steroid dienone is 1. The Hall–Kier alpha value is -3.15. The first kappa shape index (κ1) is 17.3. The number of hydrogen-bond donors (Lipinski definition) is 1. The molecule has 6 heteroatoms. The molecule has 2 aliphatic rings. The summed E-state index contributed by atoms with van der Waals surface area (Å²) in [6.45, 7) is 1.07. The van der Waals surface area contributed by atoms with E-state index in [2.05, 4.69) is 5.32 Å². The van der Waals surface area contributed by atoms with Crippen LogP contribution in [-0.4, -0.2) is 36.8 Å². The van der Waals surface area contributed by atoms with Crippen molar-refractivity contribution in [1.82, 2.24) is 10.2 Å². The largest absolute Gasteiger partial charge is 0.496 e. The summed E-state index contributed by atoms with van der Waals surface area (Å²) in [4.78, 5) is 27.1. The molecule has 27 heavy (non-hydrogen) atoms. The third-order valence-electron chi connectivity index (χ3n) is 5.09. The minimum atomic E-state index is -0.483. The molecule has 0 saturated carbocycles. The number of nitrogens with one attached hydrogen (secondary N) is 1. The molecule has 0 radical (unpaired) electrons. The van der Waals surface area contributed by atoms with E-state index in [0.29, 0.717) is 19.5 Å². The maximum Gasteiger partial charge on any atom is 0.270 e. The van der Waals surface area contributed by atoms with Crippen LogP contribution in [0.5, 0.6) is 5.75 Å². The number of ether oxygens (including phenoxy) is 1. The number of rotatable bonds is 3. The van der Waals surface area contributed by atoms with Crippen LogP contribution in [0.3, 0.4) is 0 Å². The van der Waals surface area contributed by atoms with Crippen molar-refractivity contribution >= 4 is 11.7 Å². The number of halogens is 1. The van der Waals surface area contributed by atoms with E-state index in [1.807, 2.05) is 18.2 Å². The molecule has 1 N–H and O–H groups in total.